The first-order valence-corrected chi connectivity index (χ1v) is 7.37. The molecule has 0 fully saturated rings. The fraction of sp³-hybridized carbons (Fsp3) is 0.133. The molecule has 1 heterocycles. The Hall–Kier alpha value is -1.63. The lowest BCUT2D eigenvalue weighted by molar-refractivity contribution is 0.597. The van der Waals surface area contributed by atoms with Gasteiger partial charge in [0.25, 0.3) is 0 Å². The summed E-state index contributed by atoms with van der Waals surface area (Å²) in [6.07, 6.45) is 0.592. The highest BCUT2D eigenvalue weighted by Gasteiger charge is 2.09. The molecule has 3 rings (SSSR count). The molecular weight excluding hydrogens is 368 g/mol. The van der Waals surface area contributed by atoms with Crippen molar-refractivity contribution in [3.8, 4) is 0 Å². The third-order valence-corrected chi connectivity index (χ3v) is 3.97. The summed E-state index contributed by atoms with van der Waals surface area (Å²) in [6, 6.07) is 12.8. The number of aryl methyl sites for hydroxylation is 2. The number of benzene rings is 2. The average molecular weight is 381 g/mol. The van der Waals surface area contributed by atoms with Crippen molar-refractivity contribution in [2.45, 2.75) is 13.0 Å². The van der Waals surface area contributed by atoms with E-state index in [0.29, 0.717) is 24.5 Å². The molecule has 102 valence electrons. The van der Waals surface area contributed by atoms with Crippen LogP contribution < -0.4 is 5.73 Å². The molecule has 0 amide bonds. The van der Waals surface area contributed by atoms with Gasteiger partial charge in [0.15, 0.2) is 0 Å². The van der Waals surface area contributed by atoms with Gasteiger partial charge in [-0.25, -0.2) is 9.37 Å². The molecule has 0 aliphatic heterocycles. The first kappa shape index (κ1) is 13.4. The van der Waals surface area contributed by atoms with Gasteiger partial charge in [-0.2, -0.15) is 0 Å². The summed E-state index contributed by atoms with van der Waals surface area (Å²) in [5.74, 6) is 0.295. The van der Waals surface area contributed by atoms with Crippen LogP contribution in [0.1, 0.15) is 5.56 Å². The van der Waals surface area contributed by atoms with Crippen LogP contribution >= 0.6 is 22.6 Å². The third-order valence-electron chi connectivity index (χ3n) is 3.30. The second-order valence-electron chi connectivity index (χ2n) is 4.60. The van der Waals surface area contributed by atoms with E-state index in [0.717, 1.165) is 14.6 Å². The molecule has 0 bridgehead atoms. The SMILES string of the molecule is Nc1nc2cc(I)ccc2n1CCc1ccccc1F. The molecular formula is C15H13FIN3. The summed E-state index contributed by atoms with van der Waals surface area (Å²) in [5, 5.41) is 0. The minimum atomic E-state index is -0.176. The van der Waals surface area contributed by atoms with Gasteiger partial charge in [0.2, 0.25) is 5.95 Å². The van der Waals surface area contributed by atoms with E-state index in [1.165, 1.54) is 6.07 Å². The van der Waals surface area contributed by atoms with Crippen LogP contribution in [0, 0.1) is 9.39 Å². The van der Waals surface area contributed by atoms with Gasteiger partial charge in [0.1, 0.15) is 5.82 Å². The number of halogens is 2. The number of rotatable bonds is 3. The van der Waals surface area contributed by atoms with Crippen molar-refractivity contribution in [3.05, 3.63) is 57.4 Å². The quantitative estimate of drug-likeness (QED) is 0.705. The molecule has 0 atom stereocenters. The van der Waals surface area contributed by atoms with Crippen molar-refractivity contribution in [1.82, 2.24) is 9.55 Å². The van der Waals surface area contributed by atoms with E-state index >= 15 is 0 Å². The topological polar surface area (TPSA) is 43.8 Å². The standard InChI is InChI=1S/C15H13FIN3/c16-12-4-2-1-3-10(12)7-8-20-14-6-5-11(17)9-13(14)19-15(20)18/h1-6,9H,7-8H2,(H2,18,19). The number of imidazole rings is 1. The van der Waals surface area contributed by atoms with E-state index < -0.39 is 0 Å². The van der Waals surface area contributed by atoms with Crippen LogP contribution in [-0.2, 0) is 13.0 Å². The molecule has 0 unspecified atom stereocenters. The van der Waals surface area contributed by atoms with Crippen molar-refractivity contribution in [3.63, 3.8) is 0 Å². The van der Waals surface area contributed by atoms with E-state index in [4.69, 9.17) is 5.73 Å². The molecule has 0 radical (unpaired) electrons. The number of anilines is 1. The molecule has 0 aliphatic rings. The lowest BCUT2D eigenvalue weighted by Gasteiger charge is -2.07. The van der Waals surface area contributed by atoms with E-state index in [9.17, 15) is 4.39 Å². The van der Waals surface area contributed by atoms with Crippen LogP contribution in [0.5, 0.6) is 0 Å². The van der Waals surface area contributed by atoms with Gasteiger partial charge < -0.3 is 10.3 Å². The molecule has 20 heavy (non-hydrogen) atoms. The summed E-state index contributed by atoms with van der Waals surface area (Å²) in [7, 11) is 0. The second kappa shape index (κ2) is 5.40. The molecule has 0 saturated carbocycles. The number of aromatic nitrogens is 2. The number of fused-ring (bicyclic) bond motifs is 1. The van der Waals surface area contributed by atoms with E-state index in [2.05, 4.69) is 27.6 Å². The Morgan fingerprint density at radius 3 is 2.80 bits per heavy atom. The summed E-state index contributed by atoms with van der Waals surface area (Å²) in [6.45, 7) is 0.615. The van der Waals surface area contributed by atoms with Crippen LogP contribution in [0.15, 0.2) is 42.5 Å². The largest absolute Gasteiger partial charge is 0.369 e. The maximum Gasteiger partial charge on any atom is 0.201 e. The Labute approximate surface area is 129 Å². The normalized spacial score (nSPS) is 11.1. The lowest BCUT2D eigenvalue weighted by Crippen LogP contribution is -2.06. The minimum Gasteiger partial charge on any atom is -0.369 e. The predicted molar refractivity (Wildman–Crippen MR) is 87.0 cm³/mol. The fourth-order valence-corrected chi connectivity index (χ4v) is 2.76. The van der Waals surface area contributed by atoms with Gasteiger partial charge in [-0.1, -0.05) is 18.2 Å². The maximum atomic E-state index is 13.6. The van der Waals surface area contributed by atoms with E-state index in [1.807, 2.05) is 28.8 Å². The van der Waals surface area contributed by atoms with Crippen molar-refractivity contribution in [1.29, 1.82) is 0 Å². The Morgan fingerprint density at radius 2 is 2.00 bits per heavy atom. The average Bonchev–Trinajstić information content (AvgIpc) is 2.73. The zero-order valence-corrected chi connectivity index (χ0v) is 12.8. The fourth-order valence-electron chi connectivity index (χ4n) is 2.29. The number of nitrogens with zero attached hydrogens (tertiary/aromatic N) is 2. The van der Waals surface area contributed by atoms with Crippen LogP contribution in [0.2, 0.25) is 0 Å². The highest BCUT2D eigenvalue weighted by Crippen LogP contribution is 2.21. The summed E-state index contributed by atoms with van der Waals surface area (Å²) >= 11 is 2.24. The molecule has 3 aromatic rings. The summed E-state index contributed by atoms with van der Waals surface area (Å²) < 4.78 is 16.7. The number of nitrogen functional groups attached to an aromatic ring is 1. The number of hydrogen-bond acceptors (Lipinski definition) is 2. The molecule has 2 aromatic carbocycles. The van der Waals surface area contributed by atoms with Crippen molar-refractivity contribution in [2.75, 3.05) is 5.73 Å². The van der Waals surface area contributed by atoms with E-state index in [1.54, 1.807) is 12.1 Å². The first-order chi connectivity index (χ1) is 9.65. The minimum absolute atomic E-state index is 0.176. The Kier molecular flexibility index (Phi) is 3.60. The molecule has 5 heteroatoms. The summed E-state index contributed by atoms with van der Waals surface area (Å²) in [5.41, 5.74) is 8.52. The first-order valence-electron chi connectivity index (χ1n) is 6.30. The lowest BCUT2D eigenvalue weighted by atomic mass is 10.1. The van der Waals surface area contributed by atoms with E-state index in [-0.39, 0.29) is 5.82 Å². The van der Waals surface area contributed by atoms with Crippen LogP contribution in [0.4, 0.5) is 10.3 Å². The van der Waals surface area contributed by atoms with Gasteiger partial charge in [-0.05, 0) is 58.8 Å². The van der Waals surface area contributed by atoms with Gasteiger partial charge in [0.05, 0.1) is 11.0 Å². The molecule has 0 saturated heterocycles. The number of nitrogens with two attached hydrogens (primary N) is 1. The third kappa shape index (κ3) is 2.49. The Morgan fingerprint density at radius 1 is 1.20 bits per heavy atom. The van der Waals surface area contributed by atoms with Gasteiger partial charge in [-0.3, -0.25) is 0 Å². The Balaban J connectivity index is 1.91. The van der Waals surface area contributed by atoms with Gasteiger partial charge in [0, 0.05) is 10.1 Å². The van der Waals surface area contributed by atoms with Gasteiger partial charge >= 0.3 is 0 Å². The number of hydrogen-bond donors (Lipinski definition) is 1. The molecule has 1 aromatic heterocycles. The predicted octanol–water partition coefficient (Wildman–Crippen LogP) is 3.60. The van der Waals surface area contributed by atoms with Crippen LogP contribution in [0.3, 0.4) is 0 Å². The van der Waals surface area contributed by atoms with Crippen molar-refractivity contribution >= 4 is 39.6 Å². The van der Waals surface area contributed by atoms with Crippen LogP contribution in [-0.4, -0.2) is 9.55 Å². The maximum absolute atomic E-state index is 13.6. The zero-order valence-electron chi connectivity index (χ0n) is 10.7. The monoisotopic (exact) mass is 381 g/mol. The smallest absolute Gasteiger partial charge is 0.201 e. The molecule has 0 spiro atoms. The zero-order chi connectivity index (χ0) is 14.1. The van der Waals surface area contributed by atoms with Crippen molar-refractivity contribution < 1.29 is 4.39 Å². The summed E-state index contributed by atoms with van der Waals surface area (Å²) in [4.78, 5) is 4.35. The van der Waals surface area contributed by atoms with Gasteiger partial charge in [-0.15, -0.1) is 0 Å². The second-order valence-corrected chi connectivity index (χ2v) is 5.84. The van der Waals surface area contributed by atoms with Crippen molar-refractivity contribution in [2.24, 2.45) is 0 Å². The highest BCUT2D eigenvalue weighted by atomic mass is 127. The molecule has 3 nitrogen and oxygen atoms in total. The Bertz CT molecular complexity index is 767. The molecule has 2 N–H and O–H groups in total. The molecule has 0 aliphatic carbocycles. The van der Waals surface area contributed by atoms with Crippen LogP contribution in [0.25, 0.3) is 11.0 Å². The highest BCUT2D eigenvalue weighted by molar-refractivity contribution is 14.1.